The van der Waals surface area contributed by atoms with Crippen LogP contribution in [0.15, 0.2) is 60.8 Å². The summed E-state index contributed by atoms with van der Waals surface area (Å²) in [5.74, 6) is 6.16. The van der Waals surface area contributed by atoms with Crippen molar-refractivity contribution in [2.45, 2.75) is 0 Å². The Morgan fingerprint density at radius 2 is 1.80 bits per heavy atom. The first kappa shape index (κ1) is 14.9. The molecule has 0 saturated carbocycles. The molecule has 3 aromatic rings. The number of aromatic nitrogens is 1. The van der Waals surface area contributed by atoms with Crippen molar-refractivity contribution in [3.63, 3.8) is 0 Å². The first-order valence-corrected chi connectivity index (χ1v) is 7.81. The molecule has 0 unspecified atom stereocenters. The first-order chi connectivity index (χ1) is 12.2. The Morgan fingerprint density at radius 3 is 2.56 bits per heavy atom. The molecule has 4 rings (SSSR count). The highest BCUT2D eigenvalue weighted by atomic mass is 16.3. The van der Waals surface area contributed by atoms with Gasteiger partial charge in [-0.1, -0.05) is 17.9 Å². The van der Waals surface area contributed by atoms with E-state index < -0.39 is 0 Å². The molecule has 1 aromatic heterocycles. The van der Waals surface area contributed by atoms with Gasteiger partial charge < -0.3 is 15.4 Å². The Balaban J connectivity index is 1.71. The van der Waals surface area contributed by atoms with E-state index in [1.54, 1.807) is 18.2 Å². The number of hydrogen-bond acceptors (Lipinski definition) is 2. The minimum atomic E-state index is -0.123. The summed E-state index contributed by atoms with van der Waals surface area (Å²) in [7, 11) is 0. The normalized spacial score (nSPS) is 13.9. The molecule has 4 nitrogen and oxygen atoms in total. The first-order valence-electron chi connectivity index (χ1n) is 7.81. The molecule has 1 aliphatic rings. The maximum atomic E-state index is 12.2. The van der Waals surface area contributed by atoms with Gasteiger partial charge in [0.1, 0.15) is 5.75 Å². The summed E-state index contributed by atoms with van der Waals surface area (Å²) in [5.41, 5.74) is 4.63. The number of nitrogens with one attached hydrogen (secondary N) is 2. The third-order valence-electron chi connectivity index (χ3n) is 3.92. The second-order valence-corrected chi connectivity index (χ2v) is 5.70. The van der Waals surface area contributed by atoms with Crippen LogP contribution in [-0.2, 0) is 4.79 Å². The largest absolute Gasteiger partial charge is 0.508 e. The number of phenols is 1. The summed E-state index contributed by atoms with van der Waals surface area (Å²) < 4.78 is 0. The molecule has 0 aliphatic carbocycles. The van der Waals surface area contributed by atoms with Crippen molar-refractivity contribution < 1.29 is 9.90 Å². The molecule has 0 bridgehead atoms. The second-order valence-electron chi connectivity index (χ2n) is 5.70. The summed E-state index contributed by atoms with van der Waals surface area (Å²) in [5, 5.41) is 12.4. The average molecular weight is 326 g/mol. The third-order valence-corrected chi connectivity index (χ3v) is 3.92. The standard InChI is InChI=1S/C21H14N2O2/c24-17-5-1-3-14(11-17)6-7-15-8-9-20-18(12-15)19(21(25)23-20)13-16-4-2-10-22-16/h1-5,8-13,22,24H,(H,23,25). The molecule has 120 valence electrons. The number of hydrogen-bond donors (Lipinski definition) is 3. The number of H-pyrrole nitrogens is 1. The smallest absolute Gasteiger partial charge is 0.256 e. The molecule has 0 saturated heterocycles. The van der Waals surface area contributed by atoms with Crippen LogP contribution in [0.5, 0.6) is 5.75 Å². The van der Waals surface area contributed by atoms with Crippen molar-refractivity contribution in [2.75, 3.05) is 5.32 Å². The van der Waals surface area contributed by atoms with Crippen LogP contribution in [0.4, 0.5) is 5.69 Å². The van der Waals surface area contributed by atoms with E-state index >= 15 is 0 Å². The molecule has 25 heavy (non-hydrogen) atoms. The van der Waals surface area contributed by atoms with Crippen LogP contribution in [0.3, 0.4) is 0 Å². The molecular formula is C21H14N2O2. The van der Waals surface area contributed by atoms with Crippen molar-refractivity contribution in [1.82, 2.24) is 4.98 Å². The molecule has 1 amide bonds. The van der Waals surface area contributed by atoms with Gasteiger partial charge in [0.05, 0.1) is 5.57 Å². The van der Waals surface area contributed by atoms with Crippen LogP contribution in [-0.4, -0.2) is 16.0 Å². The molecular weight excluding hydrogens is 312 g/mol. The monoisotopic (exact) mass is 326 g/mol. The van der Waals surface area contributed by atoms with Crippen molar-refractivity contribution >= 4 is 23.2 Å². The molecule has 2 heterocycles. The molecule has 0 spiro atoms. The summed E-state index contributed by atoms with van der Waals surface area (Å²) in [6.45, 7) is 0. The van der Waals surface area contributed by atoms with E-state index in [4.69, 9.17) is 0 Å². The quantitative estimate of drug-likeness (QED) is 0.472. The number of carbonyl (C=O) groups excluding carboxylic acids is 1. The number of benzene rings is 2. The van der Waals surface area contributed by atoms with E-state index in [9.17, 15) is 9.90 Å². The van der Waals surface area contributed by atoms with Gasteiger partial charge >= 0.3 is 0 Å². The van der Waals surface area contributed by atoms with Crippen molar-refractivity contribution in [2.24, 2.45) is 0 Å². The molecule has 0 atom stereocenters. The second kappa shape index (κ2) is 6.06. The van der Waals surface area contributed by atoms with E-state index in [0.717, 1.165) is 28.1 Å². The van der Waals surface area contributed by atoms with Gasteiger partial charge in [-0.3, -0.25) is 4.79 Å². The molecule has 0 fully saturated rings. The summed E-state index contributed by atoms with van der Waals surface area (Å²) in [6, 6.07) is 16.2. The topological polar surface area (TPSA) is 65.1 Å². The average Bonchev–Trinajstić information content (AvgIpc) is 3.22. The van der Waals surface area contributed by atoms with Crippen LogP contribution in [0.25, 0.3) is 11.6 Å². The molecule has 1 aliphatic heterocycles. The Kier molecular flexibility index (Phi) is 3.60. The van der Waals surface area contributed by atoms with Gasteiger partial charge in [0.2, 0.25) is 0 Å². The van der Waals surface area contributed by atoms with Gasteiger partial charge in [-0.25, -0.2) is 0 Å². The van der Waals surface area contributed by atoms with E-state index in [1.165, 1.54) is 0 Å². The lowest BCUT2D eigenvalue weighted by Gasteiger charge is -1.99. The highest BCUT2D eigenvalue weighted by molar-refractivity contribution is 6.34. The third kappa shape index (κ3) is 3.04. The number of aromatic hydroxyl groups is 1. The summed E-state index contributed by atoms with van der Waals surface area (Å²) in [6.07, 6.45) is 3.64. The minimum absolute atomic E-state index is 0.123. The number of carbonyl (C=O) groups is 1. The molecule has 4 heteroatoms. The highest BCUT2D eigenvalue weighted by Crippen LogP contribution is 2.33. The Labute approximate surface area is 144 Å². The Hall–Kier alpha value is -3.71. The predicted molar refractivity (Wildman–Crippen MR) is 97.8 cm³/mol. The van der Waals surface area contributed by atoms with Gasteiger partial charge in [0, 0.05) is 34.3 Å². The SMILES string of the molecule is O=C1Nc2ccc(C#Cc3cccc(O)c3)cc2C1=Cc1ccc[nH]1. The van der Waals surface area contributed by atoms with Gasteiger partial charge in [0.15, 0.2) is 0 Å². The van der Waals surface area contributed by atoms with Gasteiger partial charge in [-0.2, -0.15) is 0 Å². The van der Waals surface area contributed by atoms with Gasteiger partial charge in [0.25, 0.3) is 5.91 Å². The number of aromatic amines is 1. The lowest BCUT2D eigenvalue weighted by atomic mass is 10.0. The summed E-state index contributed by atoms with van der Waals surface area (Å²) in [4.78, 5) is 15.3. The lowest BCUT2D eigenvalue weighted by molar-refractivity contribution is -0.110. The molecule has 2 aromatic carbocycles. The number of amides is 1. The van der Waals surface area contributed by atoms with E-state index in [1.807, 2.05) is 48.7 Å². The van der Waals surface area contributed by atoms with Crippen LogP contribution in [0.2, 0.25) is 0 Å². The number of phenolic OH excluding ortho intramolecular Hbond substituents is 1. The minimum Gasteiger partial charge on any atom is -0.508 e. The number of rotatable bonds is 1. The maximum absolute atomic E-state index is 12.2. The van der Waals surface area contributed by atoms with Crippen LogP contribution in [0, 0.1) is 11.8 Å². The summed E-state index contributed by atoms with van der Waals surface area (Å²) >= 11 is 0. The Bertz CT molecular complexity index is 1050. The zero-order valence-corrected chi connectivity index (χ0v) is 13.2. The predicted octanol–water partition coefficient (Wildman–Crippen LogP) is 3.61. The molecule has 0 radical (unpaired) electrons. The van der Waals surface area contributed by atoms with Crippen molar-refractivity contribution in [3.8, 4) is 17.6 Å². The van der Waals surface area contributed by atoms with Crippen LogP contribution >= 0.6 is 0 Å². The highest BCUT2D eigenvalue weighted by Gasteiger charge is 2.24. The van der Waals surface area contributed by atoms with Gasteiger partial charge in [-0.15, -0.1) is 0 Å². The van der Waals surface area contributed by atoms with Gasteiger partial charge in [-0.05, 0) is 54.6 Å². The van der Waals surface area contributed by atoms with Crippen molar-refractivity contribution in [3.05, 3.63) is 83.2 Å². The maximum Gasteiger partial charge on any atom is 0.256 e. The fraction of sp³-hybridized carbons (Fsp3) is 0. The van der Waals surface area contributed by atoms with Crippen LogP contribution < -0.4 is 5.32 Å². The van der Waals surface area contributed by atoms with E-state index in [0.29, 0.717) is 5.57 Å². The van der Waals surface area contributed by atoms with E-state index in [-0.39, 0.29) is 11.7 Å². The zero-order valence-electron chi connectivity index (χ0n) is 13.2. The van der Waals surface area contributed by atoms with E-state index in [2.05, 4.69) is 22.1 Å². The molecule has 3 N–H and O–H groups in total. The van der Waals surface area contributed by atoms with Crippen LogP contribution in [0.1, 0.15) is 22.4 Å². The lowest BCUT2D eigenvalue weighted by Crippen LogP contribution is -2.03. The van der Waals surface area contributed by atoms with Crippen molar-refractivity contribution in [1.29, 1.82) is 0 Å². The Morgan fingerprint density at radius 1 is 0.960 bits per heavy atom. The number of fused-ring (bicyclic) bond motifs is 1. The zero-order chi connectivity index (χ0) is 17.2. The fourth-order valence-corrected chi connectivity index (χ4v) is 2.73. The number of anilines is 1. The fourth-order valence-electron chi connectivity index (χ4n) is 2.73.